The Morgan fingerprint density at radius 3 is 2.81 bits per heavy atom. The van der Waals surface area contributed by atoms with E-state index < -0.39 is 23.7 Å². The highest BCUT2D eigenvalue weighted by molar-refractivity contribution is 5.86. The second kappa shape index (κ2) is 4.52. The Balaban J connectivity index is 2.18. The van der Waals surface area contributed by atoms with Gasteiger partial charge in [0.15, 0.2) is 0 Å². The molecular weight excluding hydrogens is 272 g/mol. The van der Waals surface area contributed by atoms with Gasteiger partial charge in [0, 0.05) is 12.1 Å². The monoisotopic (exact) mass is 290 g/mol. The van der Waals surface area contributed by atoms with Crippen LogP contribution < -0.4 is 5.73 Å². The molecule has 5 N–H and O–H groups in total. The highest BCUT2D eigenvalue weighted by Crippen LogP contribution is 2.47. The summed E-state index contributed by atoms with van der Waals surface area (Å²) >= 11 is 0. The normalized spacial score (nSPS) is 33.0. The van der Waals surface area contributed by atoms with E-state index in [9.17, 15) is 15.3 Å². The number of anilines is 1. The summed E-state index contributed by atoms with van der Waals surface area (Å²) in [7, 11) is 0. The largest absolute Gasteiger partial charge is 0.396 e. The Morgan fingerprint density at radius 1 is 1.48 bits per heavy atom. The quantitative estimate of drug-likeness (QED) is 0.571. The predicted octanol–water partition coefficient (Wildman–Crippen LogP) is -0.155. The van der Waals surface area contributed by atoms with Crippen molar-refractivity contribution in [1.82, 2.24) is 14.5 Å². The van der Waals surface area contributed by atoms with E-state index in [1.165, 1.54) is 13.3 Å². The minimum absolute atomic E-state index is 0.275. The second-order valence-corrected chi connectivity index (χ2v) is 5.66. The van der Waals surface area contributed by atoms with Crippen LogP contribution in [0.25, 0.3) is 11.0 Å². The van der Waals surface area contributed by atoms with Crippen molar-refractivity contribution in [3.63, 3.8) is 0 Å². The molecule has 7 heteroatoms. The Labute approximate surface area is 121 Å². The van der Waals surface area contributed by atoms with Crippen LogP contribution in [0.4, 0.5) is 5.82 Å². The fourth-order valence-electron chi connectivity index (χ4n) is 3.23. The maximum atomic E-state index is 10.7. The van der Waals surface area contributed by atoms with Crippen molar-refractivity contribution in [2.45, 2.75) is 24.7 Å². The molecule has 1 aliphatic rings. The van der Waals surface area contributed by atoms with Crippen LogP contribution in [-0.2, 0) is 0 Å². The number of fused-ring (bicyclic) bond motifs is 1. The molecule has 0 radical (unpaired) electrons. The van der Waals surface area contributed by atoms with Gasteiger partial charge in [-0.1, -0.05) is 6.58 Å². The molecular formula is C14H18N4O3. The summed E-state index contributed by atoms with van der Waals surface area (Å²) < 4.78 is 1.72. The van der Waals surface area contributed by atoms with Crippen molar-refractivity contribution >= 4 is 16.9 Å². The minimum Gasteiger partial charge on any atom is -0.396 e. The van der Waals surface area contributed by atoms with Crippen LogP contribution in [0.1, 0.15) is 13.0 Å². The van der Waals surface area contributed by atoms with Gasteiger partial charge in [0.1, 0.15) is 23.4 Å². The number of aromatic nitrogens is 3. The second-order valence-electron chi connectivity index (χ2n) is 5.66. The Hall–Kier alpha value is -1.96. The highest BCUT2D eigenvalue weighted by atomic mass is 16.3. The van der Waals surface area contributed by atoms with Gasteiger partial charge in [0.2, 0.25) is 0 Å². The van der Waals surface area contributed by atoms with Crippen LogP contribution in [-0.4, -0.2) is 48.2 Å². The fraction of sp³-hybridized carbons (Fsp3) is 0.429. The molecule has 2 aromatic rings. The molecule has 1 saturated carbocycles. The Bertz CT molecular complexity index is 709. The van der Waals surface area contributed by atoms with E-state index in [0.717, 1.165) is 0 Å². The maximum Gasteiger partial charge on any atom is 0.146 e. The van der Waals surface area contributed by atoms with Gasteiger partial charge in [0.05, 0.1) is 24.1 Å². The minimum atomic E-state index is -1.46. The number of rotatable bonds is 2. The van der Waals surface area contributed by atoms with Gasteiger partial charge in [-0.15, -0.1) is 0 Å². The maximum absolute atomic E-state index is 10.7. The summed E-state index contributed by atoms with van der Waals surface area (Å²) in [4.78, 5) is 8.13. The molecule has 21 heavy (non-hydrogen) atoms. The number of nitrogens with two attached hydrogens (primary N) is 1. The van der Waals surface area contributed by atoms with Crippen LogP contribution in [0, 0.1) is 5.92 Å². The lowest BCUT2D eigenvalue weighted by atomic mass is 9.96. The molecule has 0 aliphatic heterocycles. The zero-order valence-corrected chi connectivity index (χ0v) is 11.6. The summed E-state index contributed by atoms with van der Waals surface area (Å²) in [5.74, 6) is -0.233. The molecule has 4 unspecified atom stereocenters. The van der Waals surface area contributed by atoms with Crippen molar-refractivity contribution in [2.24, 2.45) is 5.92 Å². The standard InChI is InChI=1S/C14H18N4O3/c1-7-9(5-19)11(20)14(2,21)10(7)18-4-3-8-12(15)16-6-17-13(8)18/h3-4,6,9-11,19-21H,1,5H2,2H3,(H2,15,16,17). The molecule has 0 amide bonds. The van der Waals surface area contributed by atoms with E-state index in [-0.39, 0.29) is 6.61 Å². The van der Waals surface area contributed by atoms with E-state index in [1.54, 1.807) is 16.8 Å². The molecule has 1 fully saturated rings. The lowest BCUT2D eigenvalue weighted by molar-refractivity contribution is -0.0775. The van der Waals surface area contributed by atoms with Crippen molar-refractivity contribution in [3.8, 4) is 0 Å². The number of nitrogens with zero attached hydrogens (tertiary/aromatic N) is 3. The third kappa shape index (κ3) is 1.78. The smallest absolute Gasteiger partial charge is 0.146 e. The molecule has 0 aromatic carbocycles. The Morgan fingerprint density at radius 2 is 2.19 bits per heavy atom. The third-order valence-corrected chi connectivity index (χ3v) is 4.38. The van der Waals surface area contributed by atoms with E-state index >= 15 is 0 Å². The molecule has 0 saturated heterocycles. The summed E-state index contributed by atoms with van der Waals surface area (Å²) in [5, 5.41) is 31.0. The number of nitrogen functional groups attached to an aromatic ring is 1. The van der Waals surface area contributed by atoms with Crippen LogP contribution >= 0.6 is 0 Å². The van der Waals surface area contributed by atoms with E-state index in [0.29, 0.717) is 22.4 Å². The average molecular weight is 290 g/mol. The first-order valence-electron chi connectivity index (χ1n) is 6.66. The lowest BCUT2D eigenvalue weighted by Gasteiger charge is -2.30. The zero-order chi connectivity index (χ0) is 15.4. The summed E-state index contributed by atoms with van der Waals surface area (Å²) in [6.45, 7) is 5.20. The number of aliphatic hydroxyl groups is 3. The van der Waals surface area contributed by atoms with Crippen molar-refractivity contribution in [3.05, 3.63) is 30.7 Å². The number of aliphatic hydroxyl groups excluding tert-OH is 2. The van der Waals surface area contributed by atoms with Gasteiger partial charge < -0.3 is 25.6 Å². The van der Waals surface area contributed by atoms with Crippen molar-refractivity contribution in [1.29, 1.82) is 0 Å². The molecule has 112 valence electrons. The van der Waals surface area contributed by atoms with Crippen LogP contribution in [0.15, 0.2) is 30.7 Å². The molecule has 2 aromatic heterocycles. The molecule has 0 spiro atoms. The molecule has 4 atom stereocenters. The average Bonchev–Trinajstić information content (AvgIpc) is 2.90. The first-order valence-corrected chi connectivity index (χ1v) is 6.66. The van der Waals surface area contributed by atoms with E-state index in [4.69, 9.17) is 5.73 Å². The van der Waals surface area contributed by atoms with Gasteiger partial charge in [-0.2, -0.15) is 0 Å². The third-order valence-electron chi connectivity index (χ3n) is 4.38. The molecule has 3 rings (SSSR count). The first-order chi connectivity index (χ1) is 9.89. The predicted molar refractivity (Wildman–Crippen MR) is 77.3 cm³/mol. The van der Waals surface area contributed by atoms with Crippen LogP contribution in [0.2, 0.25) is 0 Å². The van der Waals surface area contributed by atoms with Gasteiger partial charge in [-0.05, 0) is 18.6 Å². The van der Waals surface area contributed by atoms with Crippen LogP contribution in [0.5, 0.6) is 0 Å². The summed E-state index contributed by atoms with van der Waals surface area (Å²) in [6, 6.07) is 1.16. The topological polar surface area (TPSA) is 117 Å². The highest BCUT2D eigenvalue weighted by Gasteiger charge is 2.54. The van der Waals surface area contributed by atoms with Gasteiger partial charge >= 0.3 is 0 Å². The Kier molecular flexibility index (Phi) is 3.01. The zero-order valence-electron chi connectivity index (χ0n) is 11.6. The van der Waals surface area contributed by atoms with Gasteiger partial charge in [-0.3, -0.25) is 0 Å². The van der Waals surface area contributed by atoms with Crippen molar-refractivity contribution < 1.29 is 15.3 Å². The van der Waals surface area contributed by atoms with Gasteiger partial charge in [-0.25, -0.2) is 9.97 Å². The fourth-order valence-corrected chi connectivity index (χ4v) is 3.23. The summed E-state index contributed by atoms with van der Waals surface area (Å²) in [5.41, 5.74) is 5.47. The SMILES string of the molecule is C=C1C(CO)C(O)C(C)(O)C1n1ccc2c(N)ncnc21. The van der Waals surface area contributed by atoms with Crippen molar-refractivity contribution in [2.75, 3.05) is 12.3 Å². The summed E-state index contributed by atoms with van der Waals surface area (Å²) in [6.07, 6.45) is 1.98. The van der Waals surface area contributed by atoms with E-state index in [2.05, 4.69) is 16.5 Å². The lowest BCUT2D eigenvalue weighted by Crippen LogP contribution is -2.42. The first kappa shape index (κ1) is 14.0. The number of hydrogen-bond donors (Lipinski definition) is 4. The molecule has 2 heterocycles. The van der Waals surface area contributed by atoms with E-state index in [1.807, 2.05) is 0 Å². The van der Waals surface area contributed by atoms with Gasteiger partial charge in [0.25, 0.3) is 0 Å². The molecule has 1 aliphatic carbocycles. The molecule has 7 nitrogen and oxygen atoms in total. The van der Waals surface area contributed by atoms with Crippen LogP contribution in [0.3, 0.4) is 0 Å². The molecule has 0 bridgehead atoms. The number of hydrogen-bond acceptors (Lipinski definition) is 6.